The molecular formula is C6H12ClNO2S. The van der Waals surface area contributed by atoms with Crippen molar-refractivity contribution in [2.24, 2.45) is 0 Å². The fourth-order valence-corrected chi connectivity index (χ4v) is 1.93. The van der Waals surface area contributed by atoms with Gasteiger partial charge in [-0.15, -0.1) is 0 Å². The Bertz CT molecular complexity index is 209. The Labute approximate surface area is 71.8 Å². The van der Waals surface area contributed by atoms with Crippen LogP contribution in [0.25, 0.3) is 0 Å². The first kappa shape index (κ1) is 9.29. The summed E-state index contributed by atoms with van der Waals surface area (Å²) in [6.45, 7) is 2.63. The van der Waals surface area contributed by atoms with Gasteiger partial charge >= 0.3 is 0 Å². The summed E-state index contributed by atoms with van der Waals surface area (Å²) in [7, 11) is 1.78. The Morgan fingerprint density at radius 3 is 2.27 bits per heavy atom. The van der Waals surface area contributed by atoms with Crippen molar-refractivity contribution in [3.8, 4) is 0 Å². The summed E-state index contributed by atoms with van der Waals surface area (Å²) in [4.78, 5) is 2.12. The molecule has 0 N–H and O–H groups in total. The van der Waals surface area contributed by atoms with Gasteiger partial charge in [0.1, 0.15) is 0 Å². The van der Waals surface area contributed by atoms with Crippen molar-refractivity contribution in [2.45, 2.75) is 12.8 Å². The maximum absolute atomic E-state index is 10.5. The molecule has 11 heavy (non-hydrogen) atoms. The Hall–Kier alpha value is 0.200. The van der Waals surface area contributed by atoms with Crippen molar-refractivity contribution in [3.63, 3.8) is 0 Å². The van der Waals surface area contributed by atoms with Crippen LogP contribution in [-0.4, -0.2) is 38.7 Å². The van der Waals surface area contributed by atoms with E-state index in [1.807, 2.05) is 0 Å². The van der Waals surface area contributed by atoms with E-state index in [4.69, 9.17) is 10.7 Å². The highest BCUT2D eigenvalue weighted by Gasteiger charge is 2.14. The molecule has 0 aromatic rings. The Balaban J connectivity index is 2.22. The largest absolute Gasteiger partial charge is 0.302 e. The molecule has 5 heteroatoms. The number of likely N-dealkylation sites (tertiary alicyclic amines) is 1. The third-order valence-electron chi connectivity index (χ3n) is 1.85. The van der Waals surface area contributed by atoms with Crippen molar-refractivity contribution in [3.05, 3.63) is 0 Å². The highest BCUT2D eigenvalue weighted by atomic mass is 35.7. The molecule has 1 saturated heterocycles. The zero-order valence-electron chi connectivity index (χ0n) is 6.29. The molecule has 1 heterocycles. The molecule has 0 unspecified atom stereocenters. The molecule has 0 saturated carbocycles. The minimum absolute atomic E-state index is 0.0779. The molecule has 1 aliphatic rings. The van der Waals surface area contributed by atoms with E-state index in [-0.39, 0.29) is 5.75 Å². The smallest absolute Gasteiger partial charge is 0.233 e. The molecule has 0 aliphatic carbocycles. The van der Waals surface area contributed by atoms with Gasteiger partial charge in [-0.3, -0.25) is 0 Å². The normalized spacial score (nSPS) is 20.8. The molecule has 0 amide bonds. The maximum atomic E-state index is 10.5. The second-order valence-electron chi connectivity index (χ2n) is 2.79. The van der Waals surface area contributed by atoms with E-state index in [0.717, 1.165) is 13.1 Å². The van der Waals surface area contributed by atoms with Crippen LogP contribution in [0, 0.1) is 0 Å². The number of halogens is 1. The predicted octanol–water partition coefficient (Wildman–Crippen LogP) is 0.651. The monoisotopic (exact) mass is 197 g/mol. The van der Waals surface area contributed by atoms with Gasteiger partial charge in [-0.05, 0) is 25.9 Å². The van der Waals surface area contributed by atoms with Gasteiger partial charge in [-0.2, -0.15) is 0 Å². The molecule has 0 aromatic heterocycles. The summed E-state index contributed by atoms with van der Waals surface area (Å²) in [5.74, 6) is 0.0779. The predicted molar refractivity (Wildman–Crippen MR) is 45.3 cm³/mol. The van der Waals surface area contributed by atoms with E-state index >= 15 is 0 Å². The fourth-order valence-electron chi connectivity index (χ4n) is 1.24. The first-order valence-electron chi connectivity index (χ1n) is 3.72. The minimum atomic E-state index is -3.28. The summed E-state index contributed by atoms with van der Waals surface area (Å²) in [5.41, 5.74) is 0. The van der Waals surface area contributed by atoms with Crippen molar-refractivity contribution in [1.82, 2.24) is 4.90 Å². The third kappa shape index (κ3) is 3.94. The summed E-state index contributed by atoms with van der Waals surface area (Å²) in [6.07, 6.45) is 2.37. The second kappa shape index (κ2) is 3.74. The summed E-state index contributed by atoms with van der Waals surface area (Å²) >= 11 is 0. The molecule has 0 atom stereocenters. The molecule has 0 radical (unpaired) electrons. The van der Waals surface area contributed by atoms with E-state index in [0.29, 0.717) is 6.54 Å². The quantitative estimate of drug-likeness (QED) is 0.624. The Kier molecular flexibility index (Phi) is 3.16. The van der Waals surface area contributed by atoms with Gasteiger partial charge in [0.25, 0.3) is 0 Å². The Morgan fingerprint density at radius 1 is 1.27 bits per heavy atom. The van der Waals surface area contributed by atoms with E-state index in [2.05, 4.69) is 4.90 Å². The average molecular weight is 198 g/mol. The van der Waals surface area contributed by atoms with Gasteiger partial charge < -0.3 is 4.90 Å². The minimum Gasteiger partial charge on any atom is -0.302 e. The van der Waals surface area contributed by atoms with Crippen molar-refractivity contribution in [2.75, 3.05) is 25.4 Å². The molecule has 3 nitrogen and oxygen atoms in total. The van der Waals surface area contributed by atoms with Crippen LogP contribution in [0.2, 0.25) is 0 Å². The standard InChI is InChI=1S/C6H12ClNO2S/c7-11(9,10)6-5-8-3-1-2-4-8/h1-6H2. The van der Waals surface area contributed by atoms with Crippen LogP contribution < -0.4 is 0 Å². The van der Waals surface area contributed by atoms with Crippen LogP contribution in [0.5, 0.6) is 0 Å². The lowest BCUT2D eigenvalue weighted by atomic mass is 10.4. The lowest BCUT2D eigenvalue weighted by molar-refractivity contribution is 0.359. The first-order valence-corrected chi connectivity index (χ1v) is 6.20. The highest BCUT2D eigenvalue weighted by molar-refractivity contribution is 8.13. The lowest BCUT2D eigenvalue weighted by Gasteiger charge is -2.11. The van der Waals surface area contributed by atoms with E-state index in [1.54, 1.807) is 0 Å². The zero-order valence-corrected chi connectivity index (χ0v) is 7.86. The molecular weight excluding hydrogens is 186 g/mol. The number of rotatable bonds is 3. The van der Waals surface area contributed by atoms with Gasteiger partial charge in [0.15, 0.2) is 0 Å². The van der Waals surface area contributed by atoms with Gasteiger partial charge in [0.05, 0.1) is 5.75 Å². The van der Waals surface area contributed by atoms with Crippen LogP contribution in [0.3, 0.4) is 0 Å². The van der Waals surface area contributed by atoms with Crippen LogP contribution in [0.4, 0.5) is 0 Å². The summed E-state index contributed by atoms with van der Waals surface area (Å²) in [6, 6.07) is 0. The van der Waals surface area contributed by atoms with Crippen LogP contribution in [0.15, 0.2) is 0 Å². The van der Waals surface area contributed by atoms with Crippen molar-refractivity contribution in [1.29, 1.82) is 0 Å². The van der Waals surface area contributed by atoms with Gasteiger partial charge in [-0.1, -0.05) is 0 Å². The summed E-state index contributed by atoms with van der Waals surface area (Å²) < 4.78 is 21.1. The molecule has 1 fully saturated rings. The first-order chi connectivity index (χ1) is 5.08. The zero-order chi connectivity index (χ0) is 8.32. The molecule has 0 bridgehead atoms. The molecule has 1 rings (SSSR count). The van der Waals surface area contributed by atoms with Crippen molar-refractivity contribution < 1.29 is 8.42 Å². The highest BCUT2D eigenvalue weighted by Crippen LogP contribution is 2.07. The van der Waals surface area contributed by atoms with Gasteiger partial charge in [0, 0.05) is 17.2 Å². The SMILES string of the molecule is O=S(=O)(Cl)CCN1CCCC1. The maximum Gasteiger partial charge on any atom is 0.233 e. The number of nitrogens with zero attached hydrogens (tertiary/aromatic N) is 1. The summed E-state index contributed by atoms with van der Waals surface area (Å²) in [5, 5.41) is 0. The van der Waals surface area contributed by atoms with E-state index < -0.39 is 9.05 Å². The molecule has 66 valence electrons. The van der Waals surface area contributed by atoms with Crippen LogP contribution >= 0.6 is 10.7 Å². The van der Waals surface area contributed by atoms with Crippen LogP contribution in [0.1, 0.15) is 12.8 Å². The topological polar surface area (TPSA) is 37.4 Å². The number of hydrogen-bond donors (Lipinski definition) is 0. The Morgan fingerprint density at radius 2 is 1.82 bits per heavy atom. The van der Waals surface area contributed by atoms with Gasteiger partial charge in [0.2, 0.25) is 9.05 Å². The van der Waals surface area contributed by atoms with Gasteiger partial charge in [-0.25, -0.2) is 8.42 Å². The lowest BCUT2D eigenvalue weighted by Crippen LogP contribution is -2.24. The third-order valence-corrected chi connectivity index (χ3v) is 2.98. The second-order valence-corrected chi connectivity index (χ2v) is 5.69. The van der Waals surface area contributed by atoms with E-state index in [9.17, 15) is 8.42 Å². The fraction of sp³-hybridized carbons (Fsp3) is 1.00. The molecule has 0 spiro atoms. The molecule has 0 aromatic carbocycles. The van der Waals surface area contributed by atoms with Crippen molar-refractivity contribution >= 4 is 19.7 Å². The number of hydrogen-bond acceptors (Lipinski definition) is 3. The average Bonchev–Trinajstić information content (AvgIpc) is 2.32. The van der Waals surface area contributed by atoms with E-state index in [1.165, 1.54) is 12.8 Å². The molecule has 1 aliphatic heterocycles. The van der Waals surface area contributed by atoms with Crippen LogP contribution in [-0.2, 0) is 9.05 Å².